The van der Waals surface area contributed by atoms with E-state index in [4.69, 9.17) is 4.74 Å². The molecule has 2 rings (SSSR count). The van der Waals surface area contributed by atoms with Gasteiger partial charge in [0, 0.05) is 30.3 Å². The molecule has 0 bridgehead atoms. The van der Waals surface area contributed by atoms with Crippen molar-refractivity contribution in [1.82, 2.24) is 5.32 Å². The molecule has 0 spiro atoms. The predicted octanol–water partition coefficient (Wildman–Crippen LogP) is 2.82. The van der Waals surface area contributed by atoms with Gasteiger partial charge in [0.15, 0.2) is 0 Å². The van der Waals surface area contributed by atoms with Crippen LogP contribution in [-0.4, -0.2) is 25.5 Å². The lowest BCUT2D eigenvalue weighted by atomic mass is 10.2. The molecule has 0 amide bonds. The van der Waals surface area contributed by atoms with Crippen LogP contribution in [0.5, 0.6) is 0 Å². The normalized spacial score (nSPS) is 15.2. The highest BCUT2D eigenvalue weighted by molar-refractivity contribution is 7.99. The summed E-state index contributed by atoms with van der Waals surface area (Å²) in [6.45, 7) is 1.48. The highest BCUT2D eigenvalue weighted by atomic mass is 32.2. The molecule has 1 N–H and O–H groups in total. The molecular formula is C13H18FNOS. The molecule has 0 aromatic heterocycles. The van der Waals surface area contributed by atoms with E-state index in [9.17, 15) is 4.39 Å². The van der Waals surface area contributed by atoms with Gasteiger partial charge in [-0.3, -0.25) is 0 Å². The van der Waals surface area contributed by atoms with Crippen LogP contribution in [0.3, 0.4) is 0 Å². The van der Waals surface area contributed by atoms with E-state index in [0.29, 0.717) is 6.04 Å². The Morgan fingerprint density at radius 3 is 3.00 bits per heavy atom. The smallest absolute Gasteiger partial charge is 0.123 e. The minimum absolute atomic E-state index is 0.159. The Labute approximate surface area is 106 Å². The van der Waals surface area contributed by atoms with Gasteiger partial charge in [0.2, 0.25) is 0 Å². The van der Waals surface area contributed by atoms with Crippen molar-refractivity contribution in [3.63, 3.8) is 0 Å². The Morgan fingerprint density at radius 1 is 1.47 bits per heavy atom. The van der Waals surface area contributed by atoms with Gasteiger partial charge in [-0.25, -0.2) is 4.39 Å². The van der Waals surface area contributed by atoms with Crippen LogP contribution in [0.15, 0.2) is 23.1 Å². The second kappa shape index (κ2) is 6.38. The first-order chi connectivity index (χ1) is 8.29. The highest BCUT2D eigenvalue weighted by Gasteiger charge is 2.20. The zero-order chi connectivity index (χ0) is 12.1. The molecule has 1 aliphatic carbocycles. The maximum Gasteiger partial charge on any atom is 0.123 e. The van der Waals surface area contributed by atoms with Crippen LogP contribution in [0.4, 0.5) is 4.39 Å². The zero-order valence-corrected chi connectivity index (χ0v) is 10.9. The number of ether oxygens (including phenoxy) is 1. The molecule has 94 valence electrons. The third kappa shape index (κ3) is 4.30. The fraction of sp³-hybridized carbons (Fsp3) is 0.538. The van der Waals surface area contributed by atoms with Crippen molar-refractivity contribution in [3.8, 4) is 0 Å². The molecule has 1 fully saturated rings. The summed E-state index contributed by atoms with van der Waals surface area (Å²) >= 11 is 1.72. The van der Waals surface area contributed by atoms with Crippen LogP contribution >= 0.6 is 11.8 Å². The zero-order valence-electron chi connectivity index (χ0n) is 10.0. The minimum Gasteiger partial charge on any atom is -0.384 e. The van der Waals surface area contributed by atoms with E-state index in [-0.39, 0.29) is 5.82 Å². The van der Waals surface area contributed by atoms with Crippen LogP contribution in [-0.2, 0) is 11.3 Å². The molecule has 1 saturated carbocycles. The number of nitrogens with one attached hydrogen (secondary N) is 1. The van der Waals surface area contributed by atoms with E-state index in [1.807, 2.05) is 6.07 Å². The van der Waals surface area contributed by atoms with Gasteiger partial charge >= 0.3 is 0 Å². The summed E-state index contributed by atoms with van der Waals surface area (Å²) in [7, 11) is 1.70. The van der Waals surface area contributed by atoms with E-state index in [1.165, 1.54) is 18.9 Å². The molecule has 4 heteroatoms. The molecule has 2 nitrogen and oxygen atoms in total. The number of hydrogen-bond acceptors (Lipinski definition) is 3. The van der Waals surface area contributed by atoms with Crippen molar-refractivity contribution in [1.29, 1.82) is 0 Å². The van der Waals surface area contributed by atoms with E-state index in [0.717, 1.165) is 29.4 Å². The first-order valence-corrected chi connectivity index (χ1v) is 6.91. The number of halogens is 1. The van der Waals surface area contributed by atoms with E-state index in [2.05, 4.69) is 5.32 Å². The van der Waals surface area contributed by atoms with Crippen molar-refractivity contribution in [3.05, 3.63) is 29.6 Å². The minimum atomic E-state index is -0.159. The van der Waals surface area contributed by atoms with Gasteiger partial charge in [-0.05, 0) is 36.6 Å². The fourth-order valence-corrected chi connectivity index (χ4v) is 2.55. The Balaban J connectivity index is 1.95. The molecule has 0 saturated heterocycles. The summed E-state index contributed by atoms with van der Waals surface area (Å²) in [5.41, 5.74) is 1.05. The van der Waals surface area contributed by atoms with Crippen LogP contribution in [0.2, 0.25) is 0 Å². The third-order valence-electron chi connectivity index (χ3n) is 2.73. The molecular weight excluding hydrogens is 237 g/mol. The quantitative estimate of drug-likeness (QED) is 0.598. The maximum absolute atomic E-state index is 13.2. The summed E-state index contributed by atoms with van der Waals surface area (Å²) in [6.07, 6.45) is 2.50. The van der Waals surface area contributed by atoms with Crippen LogP contribution < -0.4 is 5.32 Å². The third-order valence-corrected chi connectivity index (χ3v) is 3.81. The Morgan fingerprint density at radius 2 is 2.29 bits per heavy atom. The average Bonchev–Trinajstić information content (AvgIpc) is 3.13. The monoisotopic (exact) mass is 255 g/mol. The van der Waals surface area contributed by atoms with E-state index < -0.39 is 0 Å². The Bertz CT molecular complexity index is 368. The molecule has 0 heterocycles. The summed E-state index contributed by atoms with van der Waals surface area (Å²) in [5, 5.41) is 3.42. The summed E-state index contributed by atoms with van der Waals surface area (Å²) in [4.78, 5) is 1.15. The SMILES string of the molecule is COCCSc1ccc(F)cc1CNC1CC1. The molecule has 1 aromatic carbocycles. The van der Waals surface area contributed by atoms with Crippen molar-refractivity contribution in [2.75, 3.05) is 19.5 Å². The highest BCUT2D eigenvalue weighted by Crippen LogP contribution is 2.25. The van der Waals surface area contributed by atoms with Crippen molar-refractivity contribution >= 4 is 11.8 Å². The molecule has 1 aliphatic rings. The second-order valence-electron chi connectivity index (χ2n) is 4.25. The standard InChI is InChI=1S/C13H18FNOS/c1-16-6-7-17-13-5-2-11(14)8-10(13)9-15-12-3-4-12/h2,5,8,12,15H,3-4,6-7,9H2,1H3. The van der Waals surface area contributed by atoms with Gasteiger partial charge < -0.3 is 10.1 Å². The van der Waals surface area contributed by atoms with Gasteiger partial charge in [-0.2, -0.15) is 0 Å². The van der Waals surface area contributed by atoms with Gasteiger partial charge in [0.1, 0.15) is 5.82 Å². The lowest BCUT2D eigenvalue weighted by Gasteiger charge is -2.10. The van der Waals surface area contributed by atoms with Gasteiger partial charge in [0.25, 0.3) is 0 Å². The average molecular weight is 255 g/mol. The predicted molar refractivity (Wildman–Crippen MR) is 68.9 cm³/mol. The molecule has 17 heavy (non-hydrogen) atoms. The van der Waals surface area contributed by atoms with Gasteiger partial charge in [-0.1, -0.05) is 0 Å². The van der Waals surface area contributed by atoms with Crippen molar-refractivity contribution < 1.29 is 9.13 Å². The number of rotatable bonds is 7. The Kier molecular flexibility index (Phi) is 4.83. The Hall–Kier alpha value is -0.580. The van der Waals surface area contributed by atoms with Gasteiger partial charge in [0.05, 0.1) is 6.61 Å². The number of benzene rings is 1. The molecule has 0 unspecified atom stereocenters. The van der Waals surface area contributed by atoms with Gasteiger partial charge in [-0.15, -0.1) is 11.8 Å². The van der Waals surface area contributed by atoms with Crippen molar-refractivity contribution in [2.45, 2.75) is 30.3 Å². The molecule has 0 atom stereocenters. The van der Waals surface area contributed by atoms with Crippen LogP contribution in [0.1, 0.15) is 18.4 Å². The number of thioether (sulfide) groups is 1. The topological polar surface area (TPSA) is 21.3 Å². The number of hydrogen-bond donors (Lipinski definition) is 1. The molecule has 1 aromatic rings. The van der Waals surface area contributed by atoms with Crippen LogP contribution in [0.25, 0.3) is 0 Å². The fourth-order valence-electron chi connectivity index (χ4n) is 1.60. The number of methoxy groups -OCH3 is 1. The first-order valence-electron chi connectivity index (χ1n) is 5.93. The molecule has 0 radical (unpaired) electrons. The van der Waals surface area contributed by atoms with E-state index in [1.54, 1.807) is 24.9 Å². The summed E-state index contributed by atoms with van der Waals surface area (Å²) in [6, 6.07) is 5.66. The van der Waals surface area contributed by atoms with Crippen molar-refractivity contribution in [2.24, 2.45) is 0 Å². The largest absolute Gasteiger partial charge is 0.384 e. The molecule has 0 aliphatic heterocycles. The summed E-state index contributed by atoms with van der Waals surface area (Å²) in [5.74, 6) is 0.743. The van der Waals surface area contributed by atoms with Crippen LogP contribution in [0, 0.1) is 5.82 Å². The summed E-state index contributed by atoms with van der Waals surface area (Å²) < 4.78 is 18.2. The lowest BCUT2D eigenvalue weighted by molar-refractivity contribution is 0.218. The first kappa shape index (κ1) is 12.9. The lowest BCUT2D eigenvalue weighted by Crippen LogP contribution is -2.16. The second-order valence-corrected chi connectivity index (χ2v) is 5.39. The maximum atomic E-state index is 13.2. The van der Waals surface area contributed by atoms with E-state index >= 15 is 0 Å².